The molecule has 2 aromatic heterocycles. The summed E-state index contributed by atoms with van der Waals surface area (Å²) >= 11 is 0. The molecule has 0 radical (unpaired) electrons. The maximum absolute atomic E-state index is 4.93. The Morgan fingerprint density at radius 1 is 0.700 bits per heavy atom. The summed E-state index contributed by atoms with van der Waals surface area (Å²) in [6.07, 6.45) is 2.64. The van der Waals surface area contributed by atoms with E-state index in [2.05, 4.69) is 90.5 Å². The zero-order valence-corrected chi connectivity index (χ0v) is 18.8. The first-order valence-corrected chi connectivity index (χ1v) is 10.7. The fraction of sp³-hybridized carbons (Fsp3) is 0.308. The smallest absolute Gasteiger partial charge is 0.140 e. The molecule has 0 amide bonds. The average Bonchev–Trinajstić information content (AvgIpc) is 3.22. The van der Waals surface area contributed by atoms with Crippen molar-refractivity contribution in [1.82, 2.24) is 19.1 Å². The van der Waals surface area contributed by atoms with Crippen molar-refractivity contribution in [3.63, 3.8) is 0 Å². The van der Waals surface area contributed by atoms with Gasteiger partial charge in [0.25, 0.3) is 0 Å². The molecule has 3 aromatic carbocycles. The molecule has 30 heavy (non-hydrogen) atoms. The summed E-state index contributed by atoms with van der Waals surface area (Å²) in [4.78, 5) is 9.59. The van der Waals surface area contributed by atoms with Gasteiger partial charge in [-0.15, -0.1) is 0 Å². The van der Waals surface area contributed by atoms with E-state index in [4.69, 9.17) is 4.98 Å². The lowest BCUT2D eigenvalue weighted by Crippen LogP contribution is -1.92. The summed E-state index contributed by atoms with van der Waals surface area (Å²) in [7, 11) is 4.12. The molecule has 0 bridgehead atoms. The third-order valence-corrected chi connectivity index (χ3v) is 5.86. The van der Waals surface area contributed by atoms with Gasteiger partial charge >= 0.3 is 0 Å². The van der Waals surface area contributed by atoms with Crippen LogP contribution >= 0.6 is 0 Å². The number of rotatable bonds is 2. The van der Waals surface area contributed by atoms with Crippen molar-refractivity contribution in [3.05, 3.63) is 59.9 Å². The van der Waals surface area contributed by atoms with Gasteiger partial charge < -0.3 is 9.13 Å². The Morgan fingerprint density at radius 3 is 2.00 bits per heavy atom. The van der Waals surface area contributed by atoms with E-state index in [1.165, 1.54) is 29.2 Å². The number of hydrogen-bond donors (Lipinski definition) is 0. The Labute approximate surface area is 178 Å². The fourth-order valence-electron chi connectivity index (χ4n) is 3.76. The van der Waals surface area contributed by atoms with Gasteiger partial charge in [0.2, 0.25) is 0 Å². The van der Waals surface area contributed by atoms with Crippen molar-refractivity contribution in [3.8, 4) is 11.4 Å². The maximum atomic E-state index is 4.93. The van der Waals surface area contributed by atoms with Crippen LogP contribution in [0.3, 0.4) is 0 Å². The van der Waals surface area contributed by atoms with Crippen LogP contribution in [0.15, 0.2) is 48.5 Å². The first-order valence-electron chi connectivity index (χ1n) is 10.7. The van der Waals surface area contributed by atoms with Crippen molar-refractivity contribution < 1.29 is 0 Å². The molecule has 154 valence electrons. The second kappa shape index (κ2) is 7.94. The monoisotopic (exact) mass is 398 g/mol. The summed E-state index contributed by atoms with van der Waals surface area (Å²) in [5, 5.41) is 2.50. The van der Waals surface area contributed by atoms with Crippen LogP contribution < -0.4 is 0 Å². The molecule has 0 saturated heterocycles. The zero-order chi connectivity index (χ0) is 21.4. The molecule has 2 heterocycles. The van der Waals surface area contributed by atoms with Crippen molar-refractivity contribution in [2.24, 2.45) is 14.1 Å². The molecular weight excluding hydrogens is 368 g/mol. The van der Waals surface area contributed by atoms with E-state index >= 15 is 0 Å². The van der Waals surface area contributed by atoms with E-state index < -0.39 is 0 Å². The van der Waals surface area contributed by atoms with Crippen LogP contribution in [0.2, 0.25) is 0 Å². The molecule has 0 unspecified atom stereocenters. The lowest BCUT2D eigenvalue weighted by molar-refractivity contribution is 0.886. The van der Waals surface area contributed by atoms with Crippen LogP contribution in [0, 0.1) is 13.8 Å². The van der Waals surface area contributed by atoms with Gasteiger partial charge in [-0.05, 0) is 42.8 Å². The highest BCUT2D eigenvalue weighted by molar-refractivity contribution is 5.94. The molecule has 4 nitrogen and oxygen atoms in total. The Bertz CT molecular complexity index is 1350. The number of aromatic nitrogens is 4. The summed E-state index contributed by atoms with van der Waals surface area (Å²) < 4.78 is 4.27. The molecule has 0 aliphatic carbocycles. The number of benzene rings is 3. The molecule has 0 aliphatic heterocycles. The lowest BCUT2D eigenvalue weighted by atomic mass is 10.0. The van der Waals surface area contributed by atoms with E-state index in [0.717, 1.165) is 39.3 Å². The average molecular weight is 399 g/mol. The van der Waals surface area contributed by atoms with Crippen LogP contribution in [0.1, 0.15) is 38.1 Å². The van der Waals surface area contributed by atoms with Crippen molar-refractivity contribution >= 4 is 32.8 Å². The standard InChI is InChI=1S/C22H20N4.C4H10/c1-13-5-6-16-10-17(8-7-15(16)9-13)22-24-19-12-20-18(11-21(19)26(22)4)23-14(2)25(20)3;1-3-4-2/h5-12H,1-4H3;3-4H2,1-2H3. The van der Waals surface area contributed by atoms with E-state index in [1.807, 2.05) is 14.0 Å². The highest BCUT2D eigenvalue weighted by Crippen LogP contribution is 2.29. The molecule has 0 N–H and O–H groups in total. The van der Waals surface area contributed by atoms with Crippen molar-refractivity contribution in [1.29, 1.82) is 0 Å². The van der Waals surface area contributed by atoms with E-state index in [1.54, 1.807) is 0 Å². The predicted molar refractivity (Wildman–Crippen MR) is 128 cm³/mol. The van der Waals surface area contributed by atoms with Gasteiger partial charge in [0, 0.05) is 19.7 Å². The Morgan fingerprint density at radius 2 is 1.30 bits per heavy atom. The van der Waals surface area contributed by atoms with E-state index in [9.17, 15) is 0 Å². The van der Waals surface area contributed by atoms with Gasteiger partial charge in [0.15, 0.2) is 0 Å². The van der Waals surface area contributed by atoms with Gasteiger partial charge in [-0.1, -0.05) is 62.6 Å². The Balaban J connectivity index is 0.000000503. The van der Waals surface area contributed by atoms with Crippen LogP contribution in [0.25, 0.3) is 44.2 Å². The lowest BCUT2D eigenvalue weighted by Gasteiger charge is -2.05. The third-order valence-electron chi connectivity index (χ3n) is 5.86. The van der Waals surface area contributed by atoms with Gasteiger partial charge in [0.1, 0.15) is 11.6 Å². The number of fused-ring (bicyclic) bond motifs is 3. The minimum absolute atomic E-state index is 0.981. The Kier molecular flexibility index (Phi) is 5.33. The molecular formula is C26H30N4. The van der Waals surface area contributed by atoms with Crippen LogP contribution in [0.4, 0.5) is 0 Å². The highest BCUT2D eigenvalue weighted by atomic mass is 15.1. The third kappa shape index (κ3) is 3.47. The minimum atomic E-state index is 0.981. The number of hydrogen-bond acceptors (Lipinski definition) is 2. The van der Waals surface area contributed by atoms with E-state index in [-0.39, 0.29) is 0 Å². The molecule has 0 aliphatic rings. The highest BCUT2D eigenvalue weighted by Gasteiger charge is 2.14. The fourth-order valence-corrected chi connectivity index (χ4v) is 3.76. The van der Waals surface area contributed by atoms with Gasteiger partial charge in [0.05, 0.1) is 22.1 Å². The number of nitrogens with zero attached hydrogens (tertiary/aromatic N) is 4. The largest absolute Gasteiger partial charge is 0.331 e. The normalized spacial score (nSPS) is 11.3. The molecule has 0 spiro atoms. The van der Waals surface area contributed by atoms with Crippen molar-refractivity contribution in [2.75, 3.05) is 0 Å². The number of aryl methyl sites for hydroxylation is 4. The minimum Gasteiger partial charge on any atom is -0.331 e. The van der Waals surface area contributed by atoms with Crippen LogP contribution in [-0.4, -0.2) is 19.1 Å². The van der Waals surface area contributed by atoms with Gasteiger partial charge in [-0.2, -0.15) is 0 Å². The van der Waals surface area contributed by atoms with Crippen molar-refractivity contribution in [2.45, 2.75) is 40.5 Å². The summed E-state index contributed by atoms with van der Waals surface area (Å²) in [6.45, 7) is 8.51. The molecule has 0 saturated carbocycles. The molecule has 4 heteroatoms. The maximum Gasteiger partial charge on any atom is 0.140 e. The molecule has 0 atom stereocenters. The number of unbranched alkanes of at least 4 members (excludes halogenated alkanes) is 1. The Hall–Kier alpha value is -3.14. The second-order valence-corrected chi connectivity index (χ2v) is 8.11. The van der Waals surface area contributed by atoms with Gasteiger partial charge in [-0.3, -0.25) is 0 Å². The quantitative estimate of drug-likeness (QED) is 0.331. The molecule has 5 rings (SSSR count). The zero-order valence-electron chi connectivity index (χ0n) is 18.8. The molecule has 5 aromatic rings. The van der Waals surface area contributed by atoms with Crippen LogP contribution in [0.5, 0.6) is 0 Å². The van der Waals surface area contributed by atoms with Crippen LogP contribution in [-0.2, 0) is 14.1 Å². The predicted octanol–water partition coefficient (Wildman–Crippen LogP) is 6.70. The van der Waals surface area contributed by atoms with Gasteiger partial charge in [-0.25, -0.2) is 9.97 Å². The molecule has 0 fully saturated rings. The first-order chi connectivity index (χ1) is 14.4. The number of imidazole rings is 2. The summed E-state index contributed by atoms with van der Waals surface area (Å²) in [5.41, 5.74) is 6.65. The summed E-state index contributed by atoms with van der Waals surface area (Å²) in [6, 6.07) is 17.4. The second-order valence-electron chi connectivity index (χ2n) is 8.11. The first kappa shape index (κ1) is 20.1. The van der Waals surface area contributed by atoms with E-state index in [0.29, 0.717) is 0 Å². The summed E-state index contributed by atoms with van der Waals surface area (Å²) in [5.74, 6) is 2.00. The topological polar surface area (TPSA) is 35.6 Å². The SMILES string of the molecule is CCCC.Cc1ccc2cc(-c3nc4cc5c(cc4n3C)nc(C)n5C)ccc2c1.